The highest BCUT2D eigenvalue weighted by Crippen LogP contribution is 2.25. The number of nitrogens with one attached hydrogen (secondary N) is 1. The lowest BCUT2D eigenvalue weighted by molar-refractivity contribution is 0.581. The summed E-state index contributed by atoms with van der Waals surface area (Å²) < 4.78 is 28.9. The first-order valence-corrected chi connectivity index (χ1v) is 10.3. The predicted molar refractivity (Wildman–Crippen MR) is 102 cm³/mol. The number of pyridine rings is 1. The molecule has 3 rings (SSSR count). The van der Waals surface area contributed by atoms with Gasteiger partial charge < -0.3 is 0 Å². The third-order valence-electron chi connectivity index (χ3n) is 3.59. The Morgan fingerprint density at radius 3 is 2.67 bits per heavy atom. The molecule has 0 radical (unpaired) electrons. The molecule has 1 N–H and O–H groups in total. The molecule has 0 spiro atoms. The van der Waals surface area contributed by atoms with Crippen LogP contribution in [0.1, 0.15) is 5.56 Å². The molecule has 1 heterocycles. The molecule has 3 aromatic rings. The SMILES string of the molecule is O=S(=O)(NCCc1cccc2cccnc12)c1cc(Br)ccc1Br. The summed E-state index contributed by atoms with van der Waals surface area (Å²) in [5, 5.41) is 1.05. The van der Waals surface area contributed by atoms with E-state index in [0.29, 0.717) is 21.9 Å². The summed E-state index contributed by atoms with van der Waals surface area (Å²) in [5.41, 5.74) is 1.92. The van der Waals surface area contributed by atoms with E-state index < -0.39 is 10.0 Å². The fraction of sp³-hybridized carbons (Fsp3) is 0.118. The first-order chi connectivity index (χ1) is 11.5. The lowest BCUT2D eigenvalue weighted by Crippen LogP contribution is -2.26. The molecule has 1 aromatic heterocycles. The van der Waals surface area contributed by atoms with Crippen molar-refractivity contribution in [2.75, 3.05) is 6.54 Å². The molecule has 0 saturated heterocycles. The van der Waals surface area contributed by atoms with Gasteiger partial charge >= 0.3 is 0 Å². The summed E-state index contributed by atoms with van der Waals surface area (Å²) in [6.07, 6.45) is 2.31. The van der Waals surface area contributed by atoms with E-state index in [2.05, 4.69) is 41.6 Å². The summed E-state index contributed by atoms with van der Waals surface area (Å²) in [6.45, 7) is 0.303. The van der Waals surface area contributed by atoms with E-state index in [1.54, 1.807) is 24.4 Å². The van der Waals surface area contributed by atoms with Gasteiger partial charge in [0.25, 0.3) is 0 Å². The van der Waals surface area contributed by atoms with Gasteiger partial charge in [0.15, 0.2) is 0 Å². The molecule has 124 valence electrons. The molecule has 0 aliphatic rings. The van der Waals surface area contributed by atoms with Crippen LogP contribution in [0, 0.1) is 0 Å². The van der Waals surface area contributed by atoms with Crippen molar-refractivity contribution in [3.8, 4) is 0 Å². The first-order valence-electron chi connectivity index (χ1n) is 7.25. The minimum atomic E-state index is -3.58. The van der Waals surface area contributed by atoms with E-state index >= 15 is 0 Å². The number of benzene rings is 2. The maximum atomic E-state index is 12.5. The molecule has 7 heteroatoms. The third-order valence-corrected chi connectivity index (χ3v) is 6.53. The number of aromatic nitrogens is 1. The highest BCUT2D eigenvalue weighted by molar-refractivity contribution is 9.11. The Morgan fingerprint density at radius 2 is 1.83 bits per heavy atom. The van der Waals surface area contributed by atoms with Crippen LogP contribution >= 0.6 is 31.9 Å². The molecule has 0 bridgehead atoms. The maximum absolute atomic E-state index is 12.5. The number of hydrogen-bond acceptors (Lipinski definition) is 3. The number of rotatable bonds is 5. The van der Waals surface area contributed by atoms with Crippen LogP contribution in [0.2, 0.25) is 0 Å². The zero-order chi connectivity index (χ0) is 17.2. The molecule has 24 heavy (non-hydrogen) atoms. The largest absolute Gasteiger partial charge is 0.256 e. The van der Waals surface area contributed by atoms with Crippen LogP contribution in [0.15, 0.2) is 68.6 Å². The van der Waals surface area contributed by atoms with Gasteiger partial charge in [0.05, 0.1) is 10.4 Å². The zero-order valence-electron chi connectivity index (χ0n) is 12.5. The maximum Gasteiger partial charge on any atom is 0.241 e. The highest BCUT2D eigenvalue weighted by atomic mass is 79.9. The van der Waals surface area contributed by atoms with E-state index in [4.69, 9.17) is 0 Å². The first kappa shape index (κ1) is 17.5. The standard InChI is InChI=1S/C17H14Br2N2O2S/c18-14-6-7-15(19)16(11-14)24(22,23)21-10-8-13-4-1-3-12-5-2-9-20-17(12)13/h1-7,9,11,21H,8,10H2. The van der Waals surface area contributed by atoms with Crippen LogP contribution in [0.5, 0.6) is 0 Å². The van der Waals surface area contributed by atoms with Gasteiger partial charge in [0.1, 0.15) is 0 Å². The molecule has 2 aromatic carbocycles. The van der Waals surface area contributed by atoms with Crippen LogP contribution in [-0.2, 0) is 16.4 Å². The van der Waals surface area contributed by atoms with Crippen LogP contribution in [0.25, 0.3) is 10.9 Å². The lowest BCUT2D eigenvalue weighted by Gasteiger charge is -2.10. The molecule has 0 atom stereocenters. The molecule has 0 amide bonds. The van der Waals surface area contributed by atoms with Gasteiger partial charge in [-0.1, -0.05) is 40.2 Å². The molecule has 4 nitrogen and oxygen atoms in total. The van der Waals surface area contributed by atoms with Crippen molar-refractivity contribution in [2.45, 2.75) is 11.3 Å². The highest BCUT2D eigenvalue weighted by Gasteiger charge is 2.17. The Labute approximate surface area is 157 Å². The Hall–Kier alpha value is -1.28. The van der Waals surface area contributed by atoms with Crippen molar-refractivity contribution >= 4 is 52.8 Å². The quantitative estimate of drug-likeness (QED) is 0.606. The molecule has 0 aliphatic heterocycles. The Balaban J connectivity index is 1.77. The molecule has 0 fully saturated rings. The summed E-state index contributed by atoms with van der Waals surface area (Å²) in [4.78, 5) is 4.60. The van der Waals surface area contributed by atoms with Crippen molar-refractivity contribution in [3.63, 3.8) is 0 Å². The number of fused-ring (bicyclic) bond motifs is 1. The number of para-hydroxylation sites is 1. The molecular weight excluding hydrogens is 456 g/mol. The third kappa shape index (κ3) is 3.85. The van der Waals surface area contributed by atoms with E-state index in [1.165, 1.54) is 0 Å². The van der Waals surface area contributed by atoms with E-state index in [0.717, 1.165) is 16.5 Å². The van der Waals surface area contributed by atoms with Crippen molar-refractivity contribution in [2.24, 2.45) is 0 Å². The number of sulfonamides is 1. The van der Waals surface area contributed by atoms with Gasteiger partial charge in [-0.2, -0.15) is 0 Å². The minimum Gasteiger partial charge on any atom is -0.256 e. The lowest BCUT2D eigenvalue weighted by atomic mass is 10.1. The second-order valence-corrected chi connectivity index (χ2v) is 8.72. The summed E-state index contributed by atoms with van der Waals surface area (Å²) in [7, 11) is -3.58. The number of hydrogen-bond donors (Lipinski definition) is 1. The summed E-state index contributed by atoms with van der Waals surface area (Å²) >= 11 is 6.59. The average molecular weight is 470 g/mol. The Kier molecular flexibility index (Phi) is 5.34. The van der Waals surface area contributed by atoms with Crippen LogP contribution in [-0.4, -0.2) is 19.9 Å². The summed E-state index contributed by atoms with van der Waals surface area (Å²) in [5.74, 6) is 0. The second kappa shape index (κ2) is 7.31. The van der Waals surface area contributed by atoms with Crippen molar-refractivity contribution in [1.29, 1.82) is 0 Å². The minimum absolute atomic E-state index is 0.216. The fourth-order valence-corrected chi connectivity index (χ4v) is 4.98. The topological polar surface area (TPSA) is 59.1 Å². The average Bonchev–Trinajstić information content (AvgIpc) is 2.57. The zero-order valence-corrected chi connectivity index (χ0v) is 16.5. The molecule has 0 saturated carbocycles. The second-order valence-electron chi connectivity index (χ2n) is 5.21. The van der Waals surface area contributed by atoms with Gasteiger partial charge in [-0.3, -0.25) is 4.98 Å². The molecule has 0 unspecified atom stereocenters. The number of nitrogens with zero attached hydrogens (tertiary/aromatic N) is 1. The van der Waals surface area contributed by atoms with Gasteiger partial charge in [-0.15, -0.1) is 0 Å². The fourth-order valence-electron chi connectivity index (χ4n) is 2.45. The van der Waals surface area contributed by atoms with E-state index in [1.807, 2.05) is 30.3 Å². The van der Waals surface area contributed by atoms with Gasteiger partial charge in [-0.25, -0.2) is 13.1 Å². The van der Waals surface area contributed by atoms with Gasteiger partial charge in [0.2, 0.25) is 10.0 Å². The van der Waals surface area contributed by atoms with Crippen molar-refractivity contribution in [3.05, 3.63) is 69.2 Å². The van der Waals surface area contributed by atoms with Crippen molar-refractivity contribution in [1.82, 2.24) is 9.71 Å². The summed E-state index contributed by atoms with van der Waals surface area (Å²) in [6, 6.07) is 14.9. The Bertz CT molecular complexity index is 986. The number of halogens is 2. The Morgan fingerprint density at radius 1 is 1.04 bits per heavy atom. The monoisotopic (exact) mass is 468 g/mol. The molecular formula is C17H14Br2N2O2S. The van der Waals surface area contributed by atoms with E-state index in [9.17, 15) is 8.42 Å². The van der Waals surface area contributed by atoms with Crippen molar-refractivity contribution < 1.29 is 8.42 Å². The van der Waals surface area contributed by atoms with Gasteiger partial charge in [0, 0.05) is 27.1 Å². The predicted octanol–water partition coefficient (Wildman–Crippen LogP) is 4.28. The van der Waals surface area contributed by atoms with E-state index in [-0.39, 0.29) is 4.90 Å². The van der Waals surface area contributed by atoms with Crippen LogP contribution in [0.4, 0.5) is 0 Å². The molecule has 0 aliphatic carbocycles. The normalized spacial score (nSPS) is 11.8. The van der Waals surface area contributed by atoms with Gasteiger partial charge in [-0.05, 0) is 52.2 Å². The smallest absolute Gasteiger partial charge is 0.241 e. The van der Waals surface area contributed by atoms with Crippen LogP contribution < -0.4 is 4.72 Å². The van der Waals surface area contributed by atoms with Crippen LogP contribution in [0.3, 0.4) is 0 Å².